The minimum Gasteiger partial charge on any atom is -0.453 e. The molecule has 0 aliphatic carbocycles. The van der Waals surface area contributed by atoms with E-state index >= 15 is 0 Å². The lowest BCUT2D eigenvalue weighted by atomic mass is 9.94. The highest BCUT2D eigenvalue weighted by atomic mass is 35.5. The number of benzene rings is 2. The van der Waals surface area contributed by atoms with Gasteiger partial charge in [-0.3, -0.25) is 0 Å². The average molecular weight is 372 g/mol. The maximum absolute atomic E-state index is 13.1. The summed E-state index contributed by atoms with van der Waals surface area (Å²) in [5.41, 5.74) is 2.14. The van der Waals surface area contributed by atoms with Gasteiger partial charge in [-0.1, -0.05) is 23.7 Å². The molecule has 2 saturated heterocycles. The molecule has 0 amide bonds. The first-order valence-electron chi connectivity index (χ1n) is 8.73. The number of carbonyl (C=O) groups is 1. The van der Waals surface area contributed by atoms with Gasteiger partial charge in [-0.2, -0.15) is 0 Å². The summed E-state index contributed by atoms with van der Waals surface area (Å²) in [5, 5.41) is 0.710. The normalized spacial score (nSPS) is 23.3. The predicted octanol–water partition coefficient (Wildman–Crippen LogP) is 4.92. The molecule has 2 aliphatic heterocycles. The largest absolute Gasteiger partial charge is 0.453 e. The second kappa shape index (κ2) is 6.76. The number of piperidine rings is 1. The molecule has 2 aromatic carbocycles. The first-order valence-corrected chi connectivity index (χ1v) is 9.11. The van der Waals surface area contributed by atoms with Crippen LogP contribution in [-0.4, -0.2) is 29.6 Å². The summed E-state index contributed by atoms with van der Waals surface area (Å²) in [7, 11) is 0. The Morgan fingerprint density at radius 3 is 2.62 bits per heavy atom. The van der Waals surface area contributed by atoms with Crippen molar-refractivity contribution in [2.75, 3.05) is 13.1 Å². The van der Waals surface area contributed by atoms with Gasteiger partial charge in [-0.25, -0.2) is 9.18 Å². The fourth-order valence-electron chi connectivity index (χ4n) is 3.78. The highest BCUT2D eigenvalue weighted by Crippen LogP contribution is 2.41. The molecule has 1 unspecified atom stereocenters. The Balaban J connectivity index is 1.54. The Morgan fingerprint density at radius 1 is 1.15 bits per heavy atom. The van der Waals surface area contributed by atoms with Gasteiger partial charge in [0.05, 0.1) is 12.1 Å². The van der Waals surface area contributed by atoms with Crippen LogP contribution in [0.4, 0.5) is 4.39 Å². The standard InChI is InChI=1S/C21H19ClFNO2/c22-17-6-2-15(3-7-17)12-19-13-21(10-1-11-24(19)14-21)26-20(25)16-4-8-18(23)9-5-16/h2-9,12H,1,10-11,13-14H2/b19-12+. The fraction of sp³-hybridized carbons (Fsp3) is 0.286. The Kier molecular flexibility index (Phi) is 4.45. The van der Waals surface area contributed by atoms with Crippen molar-refractivity contribution in [3.63, 3.8) is 0 Å². The van der Waals surface area contributed by atoms with E-state index in [9.17, 15) is 9.18 Å². The van der Waals surface area contributed by atoms with Crippen molar-refractivity contribution in [1.29, 1.82) is 0 Å². The molecule has 2 heterocycles. The molecule has 0 aromatic heterocycles. The number of nitrogens with zero attached hydrogens (tertiary/aromatic N) is 1. The number of rotatable bonds is 3. The molecule has 3 nitrogen and oxygen atoms in total. The third-order valence-electron chi connectivity index (χ3n) is 5.04. The SMILES string of the molecule is O=C(OC12CCCN(C1)/C(=C/c1ccc(Cl)cc1)C2)c1ccc(F)cc1. The van der Waals surface area contributed by atoms with Crippen LogP contribution in [0, 0.1) is 5.82 Å². The Labute approximate surface area is 157 Å². The molecule has 0 saturated carbocycles. The van der Waals surface area contributed by atoms with Crippen molar-refractivity contribution in [3.05, 3.63) is 76.2 Å². The van der Waals surface area contributed by atoms with Crippen LogP contribution in [0.5, 0.6) is 0 Å². The van der Waals surface area contributed by atoms with Gasteiger partial charge in [0.25, 0.3) is 0 Å². The van der Waals surface area contributed by atoms with Gasteiger partial charge in [0.2, 0.25) is 0 Å². The van der Waals surface area contributed by atoms with Crippen LogP contribution in [0.15, 0.2) is 54.2 Å². The summed E-state index contributed by atoms with van der Waals surface area (Å²) in [6.07, 6.45) is 4.65. The van der Waals surface area contributed by atoms with Crippen LogP contribution in [0.1, 0.15) is 35.2 Å². The maximum atomic E-state index is 13.1. The van der Waals surface area contributed by atoms with Gasteiger partial charge < -0.3 is 9.64 Å². The summed E-state index contributed by atoms with van der Waals surface area (Å²) in [6, 6.07) is 13.2. The summed E-state index contributed by atoms with van der Waals surface area (Å²) in [6.45, 7) is 1.68. The zero-order chi connectivity index (χ0) is 18.1. The molecule has 2 fully saturated rings. The first-order chi connectivity index (χ1) is 12.5. The van der Waals surface area contributed by atoms with E-state index in [0.717, 1.165) is 24.9 Å². The molecule has 2 bridgehead atoms. The van der Waals surface area contributed by atoms with E-state index in [0.29, 0.717) is 23.6 Å². The summed E-state index contributed by atoms with van der Waals surface area (Å²) in [5.74, 6) is -0.753. The minimum atomic E-state index is -0.498. The van der Waals surface area contributed by atoms with Gasteiger partial charge in [-0.15, -0.1) is 0 Å². The van der Waals surface area contributed by atoms with E-state index in [1.54, 1.807) is 0 Å². The number of hydrogen-bond donors (Lipinski definition) is 0. The highest BCUT2D eigenvalue weighted by molar-refractivity contribution is 6.30. The van der Waals surface area contributed by atoms with E-state index in [1.165, 1.54) is 30.0 Å². The van der Waals surface area contributed by atoms with E-state index in [1.807, 2.05) is 24.3 Å². The lowest BCUT2D eigenvalue weighted by Crippen LogP contribution is -2.42. The van der Waals surface area contributed by atoms with Crippen molar-refractivity contribution >= 4 is 23.6 Å². The zero-order valence-corrected chi connectivity index (χ0v) is 15.0. The molecule has 0 spiro atoms. The Bertz CT molecular complexity index is 847. The fourth-order valence-corrected chi connectivity index (χ4v) is 3.91. The molecule has 26 heavy (non-hydrogen) atoms. The van der Waals surface area contributed by atoms with Crippen LogP contribution < -0.4 is 0 Å². The maximum Gasteiger partial charge on any atom is 0.338 e. The van der Waals surface area contributed by atoms with Crippen molar-refractivity contribution in [2.45, 2.75) is 24.9 Å². The summed E-state index contributed by atoms with van der Waals surface area (Å²) in [4.78, 5) is 14.8. The third-order valence-corrected chi connectivity index (χ3v) is 5.29. The average Bonchev–Trinajstić information content (AvgIpc) is 2.86. The van der Waals surface area contributed by atoms with Crippen molar-refractivity contribution in [1.82, 2.24) is 4.90 Å². The Hall–Kier alpha value is -2.33. The van der Waals surface area contributed by atoms with Crippen LogP contribution in [0.3, 0.4) is 0 Å². The monoisotopic (exact) mass is 371 g/mol. The second-order valence-electron chi connectivity index (χ2n) is 6.97. The molecule has 1 atom stereocenters. The lowest BCUT2D eigenvalue weighted by molar-refractivity contribution is -0.0270. The number of ether oxygens (including phenoxy) is 1. The van der Waals surface area contributed by atoms with Gasteiger partial charge in [0.1, 0.15) is 11.4 Å². The number of carbonyl (C=O) groups excluding carboxylic acids is 1. The lowest BCUT2D eigenvalue weighted by Gasteiger charge is -2.33. The van der Waals surface area contributed by atoms with Crippen LogP contribution in [0.25, 0.3) is 6.08 Å². The van der Waals surface area contributed by atoms with E-state index in [2.05, 4.69) is 11.0 Å². The zero-order valence-electron chi connectivity index (χ0n) is 14.3. The quantitative estimate of drug-likeness (QED) is 0.717. The molecule has 5 heteroatoms. The minimum absolute atomic E-state index is 0.363. The van der Waals surface area contributed by atoms with Crippen molar-refractivity contribution < 1.29 is 13.9 Å². The topological polar surface area (TPSA) is 29.5 Å². The molecule has 0 radical (unpaired) electrons. The number of esters is 1. The first kappa shape index (κ1) is 17.1. The smallest absolute Gasteiger partial charge is 0.338 e. The third kappa shape index (κ3) is 3.47. The van der Waals surface area contributed by atoms with E-state index in [-0.39, 0.29) is 11.8 Å². The predicted molar refractivity (Wildman–Crippen MR) is 99.4 cm³/mol. The summed E-state index contributed by atoms with van der Waals surface area (Å²) >= 11 is 5.95. The van der Waals surface area contributed by atoms with Gasteiger partial charge in [-0.05, 0) is 60.9 Å². The van der Waals surface area contributed by atoms with E-state index in [4.69, 9.17) is 16.3 Å². The molecule has 2 aromatic rings. The van der Waals surface area contributed by atoms with Gasteiger partial charge in [0, 0.05) is 23.7 Å². The molecule has 4 rings (SSSR count). The molecule has 0 N–H and O–H groups in total. The van der Waals surface area contributed by atoms with Gasteiger partial charge in [0.15, 0.2) is 0 Å². The van der Waals surface area contributed by atoms with Crippen molar-refractivity contribution in [2.24, 2.45) is 0 Å². The molecular formula is C21H19ClFNO2. The van der Waals surface area contributed by atoms with Crippen LogP contribution >= 0.6 is 11.6 Å². The summed E-state index contributed by atoms with van der Waals surface area (Å²) < 4.78 is 19.0. The van der Waals surface area contributed by atoms with Crippen LogP contribution in [0.2, 0.25) is 5.02 Å². The number of halogens is 2. The molecule has 2 aliphatic rings. The number of hydrogen-bond acceptors (Lipinski definition) is 3. The molecular weight excluding hydrogens is 353 g/mol. The van der Waals surface area contributed by atoms with E-state index < -0.39 is 5.60 Å². The Morgan fingerprint density at radius 2 is 1.88 bits per heavy atom. The second-order valence-corrected chi connectivity index (χ2v) is 7.40. The molecule has 134 valence electrons. The van der Waals surface area contributed by atoms with Crippen LogP contribution in [-0.2, 0) is 4.74 Å². The highest BCUT2D eigenvalue weighted by Gasteiger charge is 2.46. The number of fused-ring (bicyclic) bond motifs is 2. The van der Waals surface area contributed by atoms with Crippen molar-refractivity contribution in [3.8, 4) is 0 Å². The van der Waals surface area contributed by atoms with Gasteiger partial charge >= 0.3 is 5.97 Å².